The van der Waals surface area contributed by atoms with Crippen LogP contribution in [-0.2, 0) is 11.2 Å². The van der Waals surface area contributed by atoms with Crippen molar-refractivity contribution in [2.75, 3.05) is 11.4 Å². The molecule has 1 fully saturated rings. The Morgan fingerprint density at radius 1 is 1.38 bits per heavy atom. The van der Waals surface area contributed by atoms with Gasteiger partial charge in [-0.2, -0.15) is 0 Å². The molecule has 0 aromatic heterocycles. The van der Waals surface area contributed by atoms with E-state index in [1.165, 1.54) is 28.4 Å². The van der Waals surface area contributed by atoms with Gasteiger partial charge in [-0.15, -0.1) is 0 Å². The van der Waals surface area contributed by atoms with Gasteiger partial charge >= 0.3 is 0 Å². The minimum Gasteiger partial charge on any atom is -0.312 e. The van der Waals surface area contributed by atoms with Crippen LogP contribution in [0.15, 0.2) is 18.2 Å². The third-order valence-corrected chi connectivity index (χ3v) is 4.10. The van der Waals surface area contributed by atoms with Crippen LogP contribution >= 0.6 is 22.6 Å². The van der Waals surface area contributed by atoms with Crippen LogP contribution in [0.3, 0.4) is 0 Å². The smallest absolute Gasteiger partial charge is 0.231 e. The van der Waals surface area contributed by atoms with E-state index in [0.29, 0.717) is 6.42 Å². The van der Waals surface area contributed by atoms with E-state index in [-0.39, 0.29) is 5.91 Å². The highest BCUT2D eigenvalue weighted by atomic mass is 127. The maximum absolute atomic E-state index is 11.9. The number of hydrogen-bond acceptors (Lipinski definition) is 1. The zero-order valence-corrected chi connectivity index (χ0v) is 11.2. The molecule has 0 N–H and O–H groups in total. The summed E-state index contributed by atoms with van der Waals surface area (Å²) in [5.41, 5.74) is 2.35. The van der Waals surface area contributed by atoms with Gasteiger partial charge in [0.15, 0.2) is 0 Å². The molecule has 0 radical (unpaired) electrons. The summed E-state index contributed by atoms with van der Waals surface area (Å²) in [5, 5.41) is 0. The lowest BCUT2D eigenvalue weighted by molar-refractivity contribution is -0.117. The SMILES string of the molecule is O=C1Cc2cc(I)ccc2N1CCC1CC1. The Hall–Kier alpha value is -0.580. The summed E-state index contributed by atoms with van der Waals surface area (Å²) in [6, 6.07) is 6.31. The summed E-state index contributed by atoms with van der Waals surface area (Å²) in [7, 11) is 0. The number of halogens is 1. The maximum Gasteiger partial charge on any atom is 0.231 e. The summed E-state index contributed by atoms with van der Waals surface area (Å²) in [6.45, 7) is 0.914. The number of hydrogen-bond donors (Lipinski definition) is 0. The zero-order valence-electron chi connectivity index (χ0n) is 9.08. The molecule has 1 aliphatic carbocycles. The molecule has 0 saturated heterocycles. The first-order valence-corrected chi connectivity index (χ1v) is 6.91. The second-order valence-electron chi connectivity index (χ2n) is 4.73. The fraction of sp³-hybridized carbons (Fsp3) is 0.462. The number of carbonyl (C=O) groups is 1. The van der Waals surface area contributed by atoms with E-state index in [2.05, 4.69) is 40.8 Å². The van der Waals surface area contributed by atoms with Crippen molar-refractivity contribution in [1.29, 1.82) is 0 Å². The van der Waals surface area contributed by atoms with Crippen molar-refractivity contribution in [3.8, 4) is 0 Å². The van der Waals surface area contributed by atoms with Gasteiger partial charge in [-0.05, 0) is 58.7 Å². The number of fused-ring (bicyclic) bond motifs is 1. The molecule has 84 valence electrons. The normalized spacial score (nSPS) is 19.1. The number of carbonyl (C=O) groups excluding carboxylic acids is 1. The van der Waals surface area contributed by atoms with Crippen LogP contribution in [0.1, 0.15) is 24.8 Å². The first kappa shape index (κ1) is 10.6. The van der Waals surface area contributed by atoms with Gasteiger partial charge in [-0.3, -0.25) is 4.79 Å². The van der Waals surface area contributed by atoms with Gasteiger partial charge < -0.3 is 4.90 Å². The van der Waals surface area contributed by atoms with E-state index in [9.17, 15) is 4.79 Å². The minimum atomic E-state index is 0.276. The number of benzene rings is 1. The van der Waals surface area contributed by atoms with Crippen molar-refractivity contribution < 1.29 is 4.79 Å². The summed E-state index contributed by atoms with van der Waals surface area (Å²) in [6.07, 6.45) is 4.50. The zero-order chi connectivity index (χ0) is 11.1. The molecule has 0 spiro atoms. The molecule has 2 nitrogen and oxygen atoms in total. The van der Waals surface area contributed by atoms with Crippen molar-refractivity contribution in [3.05, 3.63) is 27.3 Å². The van der Waals surface area contributed by atoms with Gasteiger partial charge in [0.2, 0.25) is 5.91 Å². The average molecular weight is 327 g/mol. The Bertz CT molecular complexity index is 440. The van der Waals surface area contributed by atoms with Crippen LogP contribution in [0.2, 0.25) is 0 Å². The van der Waals surface area contributed by atoms with Crippen LogP contribution in [0.5, 0.6) is 0 Å². The third-order valence-electron chi connectivity index (χ3n) is 3.43. The van der Waals surface area contributed by atoms with Crippen molar-refractivity contribution >= 4 is 34.2 Å². The summed E-state index contributed by atoms with van der Waals surface area (Å²) < 4.78 is 1.22. The predicted octanol–water partition coefficient (Wildman–Crippen LogP) is 2.98. The van der Waals surface area contributed by atoms with Crippen LogP contribution in [0, 0.1) is 9.49 Å². The summed E-state index contributed by atoms with van der Waals surface area (Å²) in [5.74, 6) is 1.17. The Morgan fingerprint density at radius 2 is 2.19 bits per heavy atom. The van der Waals surface area contributed by atoms with Gasteiger partial charge in [0, 0.05) is 15.8 Å². The van der Waals surface area contributed by atoms with E-state index in [0.717, 1.165) is 18.2 Å². The number of amides is 1. The van der Waals surface area contributed by atoms with E-state index < -0.39 is 0 Å². The molecule has 1 heterocycles. The van der Waals surface area contributed by atoms with Crippen molar-refractivity contribution in [1.82, 2.24) is 0 Å². The average Bonchev–Trinajstić information content (AvgIpc) is 3.00. The molecule has 1 aromatic rings. The molecule has 2 aliphatic rings. The maximum atomic E-state index is 11.9. The molecule has 0 unspecified atom stereocenters. The van der Waals surface area contributed by atoms with Crippen molar-refractivity contribution in [2.24, 2.45) is 5.92 Å². The second-order valence-corrected chi connectivity index (χ2v) is 5.97. The molecular formula is C13H14INO. The summed E-state index contributed by atoms with van der Waals surface area (Å²) in [4.78, 5) is 13.9. The number of nitrogens with zero attached hydrogens (tertiary/aromatic N) is 1. The quantitative estimate of drug-likeness (QED) is 0.782. The largest absolute Gasteiger partial charge is 0.312 e. The lowest BCUT2D eigenvalue weighted by Gasteiger charge is -2.17. The molecule has 3 heteroatoms. The van der Waals surface area contributed by atoms with Gasteiger partial charge in [0.05, 0.1) is 6.42 Å². The fourth-order valence-electron chi connectivity index (χ4n) is 2.32. The van der Waals surface area contributed by atoms with Crippen LogP contribution < -0.4 is 4.90 Å². The monoisotopic (exact) mass is 327 g/mol. The highest BCUT2D eigenvalue weighted by Gasteiger charge is 2.29. The lowest BCUT2D eigenvalue weighted by Crippen LogP contribution is -2.27. The Kier molecular flexibility index (Phi) is 2.65. The van der Waals surface area contributed by atoms with E-state index in [1.54, 1.807) is 0 Å². The first-order valence-electron chi connectivity index (χ1n) is 5.83. The number of anilines is 1. The van der Waals surface area contributed by atoms with Gasteiger partial charge in [0.25, 0.3) is 0 Å². The van der Waals surface area contributed by atoms with Gasteiger partial charge in [0.1, 0.15) is 0 Å². The molecule has 1 aromatic carbocycles. The Balaban J connectivity index is 1.81. The number of rotatable bonds is 3. The van der Waals surface area contributed by atoms with Crippen LogP contribution in [0.25, 0.3) is 0 Å². The predicted molar refractivity (Wildman–Crippen MR) is 72.6 cm³/mol. The molecule has 1 saturated carbocycles. The van der Waals surface area contributed by atoms with Crippen LogP contribution in [0.4, 0.5) is 5.69 Å². The molecule has 1 amide bonds. The highest BCUT2D eigenvalue weighted by Crippen LogP contribution is 2.35. The van der Waals surface area contributed by atoms with E-state index in [4.69, 9.17) is 0 Å². The highest BCUT2D eigenvalue weighted by molar-refractivity contribution is 14.1. The van der Waals surface area contributed by atoms with Gasteiger partial charge in [-0.1, -0.05) is 12.8 Å². The van der Waals surface area contributed by atoms with Crippen molar-refractivity contribution in [3.63, 3.8) is 0 Å². The molecule has 3 rings (SSSR count). The Labute approximate surface area is 109 Å². The minimum absolute atomic E-state index is 0.276. The van der Waals surface area contributed by atoms with Crippen molar-refractivity contribution in [2.45, 2.75) is 25.7 Å². The molecule has 16 heavy (non-hydrogen) atoms. The second kappa shape index (κ2) is 4.02. The molecule has 0 atom stereocenters. The topological polar surface area (TPSA) is 20.3 Å². The first-order chi connectivity index (χ1) is 7.74. The van der Waals surface area contributed by atoms with Crippen LogP contribution in [-0.4, -0.2) is 12.5 Å². The fourth-order valence-corrected chi connectivity index (χ4v) is 2.87. The van der Waals surface area contributed by atoms with E-state index in [1.807, 2.05) is 4.90 Å². The Morgan fingerprint density at radius 3 is 2.94 bits per heavy atom. The standard InChI is InChI=1S/C13H14INO/c14-11-3-4-12-10(7-11)8-13(16)15(12)6-5-9-1-2-9/h3-4,7,9H,1-2,5-6,8H2. The van der Waals surface area contributed by atoms with Gasteiger partial charge in [-0.25, -0.2) is 0 Å². The summed E-state index contributed by atoms with van der Waals surface area (Å²) >= 11 is 2.30. The lowest BCUT2D eigenvalue weighted by atomic mass is 10.2. The molecule has 0 bridgehead atoms. The third kappa shape index (κ3) is 1.97. The molecule has 1 aliphatic heterocycles. The van der Waals surface area contributed by atoms with E-state index >= 15 is 0 Å². The molecular weight excluding hydrogens is 313 g/mol.